The first kappa shape index (κ1) is 19.8. The summed E-state index contributed by atoms with van der Waals surface area (Å²) < 4.78 is 0. The summed E-state index contributed by atoms with van der Waals surface area (Å²) in [5, 5.41) is 15.6. The van der Waals surface area contributed by atoms with Crippen molar-refractivity contribution in [2.24, 2.45) is 5.41 Å². The molecule has 144 valence electrons. The van der Waals surface area contributed by atoms with Crippen LogP contribution in [-0.4, -0.2) is 44.9 Å². The van der Waals surface area contributed by atoms with Crippen LogP contribution in [0.1, 0.15) is 38.7 Å². The lowest BCUT2D eigenvalue weighted by Gasteiger charge is -2.44. The molecule has 2 atom stereocenters. The highest BCUT2D eigenvalue weighted by Gasteiger charge is 2.42. The molecule has 0 aliphatic carbocycles. The van der Waals surface area contributed by atoms with Crippen molar-refractivity contribution in [3.05, 3.63) is 46.5 Å². The van der Waals surface area contributed by atoms with Gasteiger partial charge in [0.1, 0.15) is 0 Å². The number of rotatable bonds is 6. The van der Waals surface area contributed by atoms with Gasteiger partial charge in [-0.2, -0.15) is 0 Å². The first-order valence-corrected chi connectivity index (χ1v) is 10.3. The molecule has 3 rings (SSSR count). The van der Waals surface area contributed by atoms with Gasteiger partial charge in [0.05, 0.1) is 6.17 Å². The molecule has 2 aliphatic heterocycles. The van der Waals surface area contributed by atoms with Crippen molar-refractivity contribution in [2.45, 2.75) is 45.3 Å². The second-order valence-electron chi connectivity index (χ2n) is 7.88. The average Bonchev–Trinajstić information content (AvgIpc) is 3.21. The van der Waals surface area contributed by atoms with E-state index in [4.69, 9.17) is 11.6 Å². The molecule has 0 saturated carbocycles. The summed E-state index contributed by atoms with van der Waals surface area (Å²) >= 11 is 6.93. The van der Waals surface area contributed by atoms with E-state index >= 15 is 0 Å². The van der Waals surface area contributed by atoms with Gasteiger partial charge in [-0.25, -0.2) is 0 Å². The quantitative estimate of drug-likeness (QED) is 0.616. The van der Waals surface area contributed by atoms with E-state index in [1.807, 2.05) is 0 Å². The van der Waals surface area contributed by atoms with Crippen molar-refractivity contribution >= 4 is 11.6 Å². The second-order valence-corrected chi connectivity index (χ2v) is 8.34. The first-order chi connectivity index (χ1) is 12.6. The Morgan fingerprint density at radius 2 is 1.73 bits per heavy atom. The minimum Gasteiger partial charge on any atom is -0.314 e. The van der Waals surface area contributed by atoms with E-state index < -0.39 is 0 Å². The standard InChI is InChI=1S/C21H33ClN4/c1-4-16(22)19(21(2,3)17-14-23-10-11-24-17)18(20-25-12-13-26-20)15-8-6-5-7-9-15/h5-9,17-18,20,23-26H,4,10-14H2,1-3H3/b19-16-. The largest absolute Gasteiger partial charge is 0.314 e. The first-order valence-electron chi connectivity index (χ1n) is 9.90. The van der Waals surface area contributed by atoms with Gasteiger partial charge in [-0.05, 0) is 17.6 Å². The van der Waals surface area contributed by atoms with Gasteiger partial charge < -0.3 is 10.6 Å². The predicted octanol–water partition coefficient (Wildman–Crippen LogP) is 2.78. The van der Waals surface area contributed by atoms with E-state index in [0.29, 0.717) is 6.04 Å². The number of hydrogen-bond acceptors (Lipinski definition) is 4. The minimum absolute atomic E-state index is 0.0625. The third-order valence-electron chi connectivity index (χ3n) is 5.87. The molecular formula is C21H33ClN4. The molecule has 0 aromatic heterocycles. The van der Waals surface area contributed by atoms with Crippen molar-refractivity contribution in [3.8, 4) is 0 Å². The molecule has 2 unspecified atom stereocenters. The molecule has 2 fully saturated rings. The number of halogens is 1. The van der Waals surface area contributed by atoms with E-state index in [1.54, 1.807) is 0 Å². The van der Waals surface area contributed by atoms with Crippen LogP contribution < -0.4 is 21.3 Å². The van der Waals surface area contributed by atoms with Crippen molar-refractivity contribution in [2.75, 3.05) is 32.7 Å². The van der Waals surface area contributed by atoms with Gasteiger partial charge in [0.2, 0.25) is 0 Å². The third kappa shape index (κ3) is 4.15. The number of nitrogens with one attached hydrogen (secondary N) is 4. The molecule has 2 saturated heterocycles. The molecule has 0 radical (unpaired) electrons. The number of hydrogen-bond donors (Lipinski definition) is 4. The Balaban J connectivity index is 2.06. The van der Waals surface area contributed by atoms with Crippen molar-refractivity contribution in [1.82, 2.24) is 21.3 Å². The lowest BCUT2D eigenvalue weighted by atomic mass is 9.68. The van der Waals surface area contributed by atoms with Crippen molar-refractivity contribution in [1.29, 1.82) is 0 Å². The maximum absolute atomic E-state index is 6.93. The minimum atomic E-state index is -0.0625. The molecule has 26 heavy (non-hydrogen) atoms. The smallest absolute Gasteiger partial charge is 0.0682 e. The summed E-state index contributed by atoms with van der Waals surface area (Å²) in [6.45, 7) is 11.8. The van der Waals surface area contributed by atoms with Gasteiger partial charge in [-0.3, -0.25) is 10.6 Å². The summed E-state index contributed by atoms with van der Waals surface area (Å²) in [5.41, 5.74) is 2.60. The Hall–Kier alpha value is -0.910. The fraction of sp³-hybridized carbons (Fsp3) is 0.619. The molecule has 2 aliphatic rings. The van der Waals surface area contributed by atoms with Crippen LogP contribution in [0.5, 0.6) is 0 Å². The summed E-state index contributed by atoms with van der Waals surface area (Å²) in [6.07, 6.45) is 1.07. The third-order valence-corrected chi connectivity index (χ3v) is 6.34. The van der Waals surface area contributed by atoms with E-state index in [2.05, 4.69) is 72.4 Å². The Morgan fingerprint density at radius 3 is 2.31 bits per heavy atom. The monoisotopic (exact) mass is 376 g/mol. The normalized spacial score (nSPS) is 24.4. The van der Waals surface area contributed by atoms with Crippen LogP contribution in [0.15, 0.2) is 40.9 Å². The Labute approximate surface area is 163 Å². The number of piperazine rings is 1. The summed E-state index contributed by atoms with van der Waals surface area (Å²) in [6, 6.07) is 11.2. The van der Waals surface area contributed by atoms with Crippen LogP contribution in [0.25, 0.3) is 0 Å². The van der Waals surface area contributed by atoms with Crippen LogP contribution >= 0.6 is 11.6 Å². The van der Waals surface area contributed by atoms with Crippen LogP contribution in [0.2, 0.25) is 0 Å². The van der Waals surface area contributed by atoms with Gasteiger partial charge >= 0.3 is 0 Å². The van der Waals surface area contributed by atoms with Crippen LogP contribution in [0.3, 0.4) is 0 Å². The maximum atomic E-state index is 6.93. The lowest BCUT2D eigenvalue weighted by Crippen LogP contribution is -2.57. The molecule has 0 amide bonds. The van der Waals surface area contributed by atoms with Gasteiger partial charge in [-0.15, -0.1) is 0 Å². The molecular weight excluding hydrogens is 344 g/mol. The summed E-state index contributed by atoms with van der Waals surface area (Å²) in [7, 11) is 0. The van der Waals surface area contributed by atoms with E-state index in [0.717, 1.165) is 44.2 Å². The maximum Gasteiger partial charge on any atom is 0.0682 e. The van der Waals surface area contributed by atoms with E-state index in [9.17, 15) is 0 Å². The molecule has 0 spiro atoms. The highest BCUT2D eigenvalue weighted by Crippen LogP contribution is 2.45. The highest BCUT2D eigenvalue weighted by atomic mass is 35.5. The van der Waals surface area contributed by atoms with Gasteiger partial charge in [0.25, 0.3) is 0 Å². The molecule has 1 aromatic carbocycles. The Morgan fingerprint density at radius 1 is 1.08 bits per heavy atom. The van der Waals surface area contributed by atoms with Gasteiger partial charge in [-0.1, -0.05) is 62.7 Å². The highest BCUT2D eigenvalue weighted by molar-refractivity contribution is 6.30. The molecule has 4 N–H and O–H groups in total. The van der Waals surface area contributed by atoms with Gasteiger partial charge in [0.15, 0.2) is 0 Å². The number of allylic oxidation sites excluding steroid dienone is 1. The van der Waals surface area contributed by atoms with Crippen LogP contribution in [0, 0.1) is 5.41 Å². The van der Waals surface area contributed by atoms with Crippen LogP contribution in [-0.2, 0) is 0 Å². The lowest BCUT2D eigenvalue weighted by molar-refractivity contribution is 0.238. The molecule has 4 nitrogen and oxygen atoms in total. The zero-order chi connectivity index (χ0) is 18.6. The zero-order valence-corrected chi connectivity index (χ0v) is 17.0. The zero-order valence-electron chi connectivity index (χ0n) is 16.2. The number of benzene rings is 1. The topological polar surface area (TPSA) is 48.1 Å². The fourth-order valence-electron chi connectivity index (χ4n) is 4.41. The Kier molecular flexibility index (Phi) is 6.76. The summed E-state index contributed by atoms with van der Waals surface area (Å²) in [5.74, 6) is 0.213. The molecule has 5 heteroatoms. The van der Waals surface area contributed by atoms with Crippen molar-refractivity contribution < 1.29 is 0 Å². The van der Waals surface area contributed by atoms with Gasteiger partial charge in [0, 0.05) is 55.1 Å². The molecule has 1 aromatic rings. The fourth-order valence-corrected chi connectivity index (χ4v) is 4.77. The SMILES string of the molecule is CC/C(Cl)=C(\C(c1ccccc1)C1NCCN1)C(C)(C)C1CNCCN1. The van der Waals surface area contributed by atoms with Crippen LogP contribution in [0.4, 0.5) is 0 Å². The second kappa shape index (κ2) is 8.85. The van der Waals surface area contributed by atoms with Crippen molar-refractivity contribution in [3.63, 3.8) is 0 Å². The molecule has 2 heterocycles. The summed E-state index contributed by atoms with van der Waals surface area (Å²) in [4.78, 5) is 0. The van der Waals surface area contributed by atoms with E-state index in [-0.39, 0.29) is 17.5 Å². The average molecular weight is 377 g/mol. The Bertz CT molecular complexity index is 602. The molecule has 0 bridgehead atoms. The van der Waals surface area contributed by atoms with E-state index in [1.165, 1.54) is 11.1 Å². The predicted molar refractivity (Wildman–Crippen MR) is 111 cm³/mol.